The van der Waals surface area contributed by atoms with Crippen LogP contribution in [0.2, 0.25) is 0 Å². The van der Waals surface area contributed by atoms with Crippen LogP contribution in [0, 0.1) is 5.92 Å². The summed E-state index contributed by atoms with van der Waals surface area (Å²) in [7, 11) is 0. The fourth-order valence-corrected chi connectivity index (χ4v) is 2.35. The van der Waals surface area contributed by atoms with Crippen LogP contribution in [0.4, 0.5) is 4.79 Å². The molecule has 1 aliphatic rings. The highest BCUT2D eigenvalue weighted by Gasteiger charge is 2.24. The summed E-state index contributed by atoms with van der Waals surface area (Å²) >= 11 is 0. The van der Waals surface area contributed by atoms with E-state index in [-0.39, 0.29) is 11.7 Å². The van der Waals surface area contributed by atoms with Crippen molar-refractivity contribution >= 4 is 12.0 Å². The van der Waals surface area contributed by atoms with Crippen LogP contribution < -0.4 is 5.32 Å². The Morgan fingerprint density at radius 1 is 1.55 bits per heavy atom. The number of nitrogens with one attached hydrogen (secondary N) is 1. The van der Waals surface area contributed by atoms with E-state index < -0.39 is 5.97 Å². The number of carboxylic acids is 1. The Hall–Kier alpha value is -2.05. The molecule has 1 aliphatic heterocycles. The Kier molecular flexibility index (Phi) is 4.60. The smallest absolute Gasteiger partial charge is 0.356 e. The monoisotopic (exact) mass is 280 g/mol. The van der Waals surface area contributed by atoms with Crippen molar-refractivity contribution in [2.75, 3.05) is 19.6 Å². The average Bonchev–Trinajstić information content (AvgIpc) is 3.07. The minimum absolute atomic E-state index is 0.0154. The van der Waals surface area contributed by atoms with Gasteiger partial charge in [0.05, 0.1) is 6.33 Å². The standard InChI is InChI=1S/C13H20N4O3/c1-2-10-3-5-17(7-10)13(20)14-4-6-16-8-11(12(18)19)15-9-16/h8-10H,2-7H2,1H3,(H,14,20)(H,18,19). The molecule has 7 heteroatoms. The zero-order valence-corrected chi connectivity index (χ0v) is 11.6. The lowest BCUT2D eigenvalue weighted by molar-refractivity contribution is 0.0691. The fourth-order valence-electron chi connectivity index (χ4n) is 2.35. The number of rotatable bonds is 5. The first-order valence-corrected chi connectivity index (χ1v) is 6.88. The van der Waals surface area contributed by atoms with Gasteiger partial charge in [-0.2, -0.15) is 0 Å². The molecule has 20 heavy (non-hydrogen) atoms. The molecule has 0 saturated carbocycles. The Bertz CT molecular complexity index is 486. The molecule has 1 saturated heterocycles. The van der Waals surface area contributed by atoms with Gasteiger partial charge in [-0.1, -0.05) is 13.3 Å². The average molecular weight is 280 g/mol. The van der Waals surface area contributed by atoms with Gasteiger partial charge in [-0.3, -0.25) is 0 Å². The highest BCUT2D eigenvalue weighted by molar-refractivity contribution is 5.84. The minimum atomic E-state index is -1.05. The Labute approximate surface area is 117 Å². The van der Waals surface area contributed by atoms with Crippen molar-refractivity contribution in [2.24, 2.45) is 5.92 Å². The lowest BCUT2D eigenvalue weighted by Crippen LogP contribution is -2.39. The maximum Gasteiger partial charge on any atom is 0.356 e. The van der Waals surface area contributed by atoms with Crippen LogP contribution in [0.15, 0.2) is 12.5 Å². The van der Waals surface area contributed by atoms with Gasteiger partial charge in [0.2, 0.25) is 0 Å². The number of nitrogens with zero attached hydrogens (tertiary/aromatic N) is 3. The van der Waals surface area contributed by atoms with Crippen LogP contribution in [-0.2, 0) is 6.54 Å². The zero-order chi connectivity index (χ0) is 14.5. The first kappa shape index (κ1) is 14.4. The van der Waals surface area contributed by atoms with E-state index in [1.807, 2.05) is 4.90 Å². The van der Waals surface area contributed by atoms with Crippen molar-refractivity contribution in [3.8, 4) is 0 Å². The molecule has 0 radical (unpaired) electrons. The lowest BCUT2D eigenvalue weighted by atomic mass is 10.1. The molecule has 1 fully saturated rings. The zero-order valence-electron chi connectivity index (χ0n) is 11.6. The number of aromatic nitrogens is 2. The number of carbonyl (C=O) groups is 2. The minimum Gasteiger partial charge on any atom is -0.476 e. The summed E-state index contributed by atoms with van der Waals surface area (Å²) in [5, 5.41) is 11.6. The third-order valence-electron chi connectivity index (χ3n) is 3.65. The molecule has 1 atom stereocenters. The van der Waals surface area contributed by atoms with Gasteiger partial charge in [-0.25, -0.2) is 14.6 Å². The quantitative estimate of drug-likeness (QED) is 0.843. The second kappa shape index (κ2) is 6.40. The summed E-state index contributed by atoms with van der Waals surface area (Å²) in [5.74, 6) is -0.428. The number of hydrogen-bond donors (Lipinski definition) is 2. The van der Waals surface area contributed by atoms with E-state index in [0.29, 0.717) is 19.0 Å². The first-order valence-electron chi connectivity index (χ1n) is 6.88. The number of imidazole rings is 1. The van der Waals surface area contributed by atoms with E-state index >= 15 is 0 Å². The van der Waals surface area contributed by atoms with Crippen molar-refractivity contribution < 1.29 is 14.7 Å². The normalized spacial score (nSPS) is 18.2. The van der Waals surface area contributed by atoms with Crippen molar-refractivity contribution in [2.45, 2.75) is 26.3 Å². The van der Waals surface area contributed by atoms with Gasteiger partial charge in [0.15, 0.2) is 5.69 Å². The molecule has 0 bridgehead atoms. The molecule has 0 spiro atoms. The van der Waals surface area contributed by atoms with E-state index in [9.17, 15) is 9.59 Å². The van der Waals surface area contributed by atoms with Gasteiger partial charge in [-0.05, 0) is 12.3 Å². The molecule has 1 aromatic heterocycles. The molecule has 1 unspecified atom stereocenters. The molecule has 7 nitrogen and oxygen atoms in total. The van der Waals surface area contributed by atoms with Gasteiger partial charge in [0.25, 0.3) is 0 Å². The largest absolute Gasteiger partial charge is 0.476 e. The number of likely N-dealkylation sites (tertiary alicyclic amines) is 1. The number of aromatic carboxylic acids is 1. The van der Waals surface area contributed by atoms with E-state index in [4.69, 9.17) is 5.11 Å². The predicted octanol–water partition coefficient (Wildman–Crippen LogP) is 1.02. The molecule has 2 heterocycles. The highest BCUT2D eigenvalue weighted by Crippen LogP contribution is 2.18. The molecule has 2 amide bonds. The molecule has 110 valence electrons. The van der Waals surface area contributed by atoms with E-state index in [0.717, 1.165) is 25.9 Å². The molecule has 2 rings (SSSR count). The highest BCUT2D eigenvalue weighted by atomic mass is 16.4. The van der Waals surface area contributed by atoms with Crippen LogP contribution in [-0.4, -0.2) is 51.2 Å². The van der Waals surface area contributed by atoms with E-state index in [1.165, 1.54) is 12.5 Å². The topological polar surface area (TPSA) is 87.5 Å². The van der Waals surface area contributed by atoms with Crippen molar-refractivity contribution in [3.05, 3.63) is 18.2 Å². The summed E-state index contributed by atoms with van der Waals surface area (Å²) in [4.78, 5) is 28.2. The second-order valence-corrected chi connectivity index (χ2v) is 5.04. The van der Waals surface area contributed by atoms with Crippen LogP contribution in [0.3, 0.4) is 0 Å². The first-order chi connectivity index (χ1) is 9.60. The second-order valence-electron chi connectivity index (χ2n) is 5.04. The van der Waals surface area contributed by atoms with Crippen LogP contribution in [0.1, 0.15) is 30.3 Å². The SMILES string of the molecule is CCC1CCN(C(=O)NCCn2cnc(C(=O)O)c2)C1. The Balaban J connectivity index is 1.72. The fraction of sp³-hybridized carbons (Fsp3) is 0.615. The third-order valence-corrected chi connectivity index (χ3v) is 3.65. The number of carbonyl (C=O) groups excluding carboxylic acids is 1. The summed E-state index contributed by atoms with van der Waals surface area (Å²) in [6.07, 6.45) is 5.10. The summed E-state index contributed by atoms with van der Waals surface area (Å²) in [6.45, 7) is 4.76. The van der Waals surface area contributed by atoms with Gasteiger partial charge in [0, 0.05) is 32.4 Å². The van der Waals surface area contributed by atoms with Crippen molar-refractivity contribution in [1.82, 2.24) is 19.8 Å². The van der Waals surface area contributed by atoms with E-state index in [2.05, 4.69) is 17.2 Å². The van der Waals surface area contributed by atoms with Gasteiger partial charge >= 0.3 is 12.0 Å². The van der Waals surface area contributed by atoms with Gasteiger partial charge in [-0.15, -0.1) is 0 Å². The molecular weight excluding hydrogens is 260 g/mol. The summed E-state index contributed by atoms with van der Waals surface area (Å²) in [6, 6.07) is -0.0421. The maximum absolute atomic E-state index is 11.9. The third kappa shape index (κ3) is 3.49. The Morgan fingerprint density at radius 2 is 2.35 bits per heavy atom. The molecule has 1 aromatic rings. The molecule has 0 aliphatic carbocycles. The van der Waals surface area contributed by atoms with Crippen molar-refractivity contribution in [1.29, 1.82) is 0 Å². The van der Waals surface area contributed by atoms with Gasteiger partial charge < -0.3 is 19.9 Å². The Morgan fingerprint density at radius 3 is 2.95 bits per heavy atom. The summed E-state index contributed by atoms with van der Waals surface area (Å²) in [5.41, 5.74) is 0.0154. The number of carboxylic acid groups (broad SMARTS) is 1. The number of amides is 2. The predicted molar refractivity (Wildman–Crippen MR) is 72.6 cm³/mol. The molecule has 0 aromatic carbocycles. The molecule has 2 N–H and O–H groups in total. The maximum atomic E-state index is 11.9. The van der Waals surface area contributed by atoms with Crippen LogP contribution >= 0.6 is 0 Å². The van der Waals surface area contributed by atoms with Crippen LogP contribution in [0.5, 0.6) is 0 Å². The molecular formula is C13H20N4O3. The van der Waals surface area contributed by atoms with E-state index in [1.54, 1.807) is 4.57 Å². The number of hydrogen-bond acceptors (Lipinski definition) is 3. The van der Waals surface area contributed by atoms with Crippen LogP contribution in [0.25, 0.3) is 0 Å². The summed E-state index contributed by atoms with van der Waals surface area (Å²) < 4.78 is 1.66. The van der Waals surface area contributed by atoms with Crippen molar-refractivity contribution in [3.63, 3.8) is 0 Å². The van der Waals surface area contributed by atoms with Gasteiger partial charge in [0.1, 0.15) is 0 Å². The number of urea groups is 1. The lowest BCUT2D eigenvalue weighted by Gasteiger charge is -2.17.